The van der Waals surface area contributed by atoms with Crippen LogP contribution in [0.25, 0.3) is 0 Å². The van der Waals surface area contributed by atoms with Crippen molar-refractivity contribution >= 4 is 50.2 Å². The Kier molecular flexibility index (Phi) is 29.7. The zero-order valence-electron chi connectivity index (χ0n) is 37.6. The second-order valence-electron chi connectivity index (χ2n) is 14.9. The van der Waals surface area contributed by atoms with E-state index in [1.807, 2.05) is 25.3 Å². The van der Waals surface area contributed by atoms with Crippen LogP contribution in [0.15, 0.2) is 88.1 Å². The van der Waals surface area contributed by atoms with Crippen molar-refractivity contribution in [2.75, 3.05) is 72.5 Å². The van der Waals surface area contributed by atoms with Crippen LogP contribution in [0, 0.1) is 10.8 Å². The minimum absolute atomic E-state index is 0.0285. The monoisotopic (exact) mass is 903 g/mol. The summed E-state index contributed by atoms with van der Waals surface area (Å²) in [6.07, 6.45) is 8.09. The maximum absolute atomic E-state index is 13.3. The fraction of sp³-hybridized carbons (Fsp3) is 0.543. The third kappa shape index (κ3) is 26.1. The van der Waals surface area contributed by atoms with Crippen molar-refractivity contribution in [3.8, 4) is 0 Å². The molecule has 0 N–H and O–H groups in total. The molecule has 17 heteroatoms. The minimum atomic E-state index is -2.47. The highest BCUT2D eigenvalue weighted by molar-refractivity contribution is 6.66. The Balaban J connectivity index is 6.13. The molecule has 0 saturated heterocycles. The van der Waals surface area contributed by atoms with Gasteiger partial charge in [-0.2, -0.15) is 0 Å². The lowest BCUT2D eigenvalue weighted by Gasteiger charge is -2.32. The number of ketones is 1. The normalized spacial score (nSPS) is 11.3. The van der Waals surface area contributed by atoms with Gasteiger partial charge in [0.1, 0.15) is 39.6 Å². The molecule has 0 aromatic rings. The number of hydrogen-bond donors (Lipinski definition) is 0. The highest BCUT2D eigenvalue weighted by Gasteiger charge is 2.37. The Bertz CT molecular complexity index is 1460. The number of carbonyl (C=O) groups is 7. The van der Waals surface area contributed by atoms with Gasteiger partial charge in [-0.3, -0.25) is 14.4 Å². The third-order valence-electron chi connectivity index (χ3n) is 9.71. The van der Waals surface area contributed by atoms with Gasteiger partial charge in [-0.05, 0) is 77.7 Å². The molecule has 0 aliphatic heterocycles. The Morgan fingerprint density at radius 3 is 1.30 bits per heavy atom. The van der Waals surface area contributed by atoms with Crippen molar-refractivity contribution in [3.63, 3.8) is 0 Å². The van der Waals surface area contributed by atoms with Gasteiger partial charge in [-0.15, -0.1) is 0 Å². The molecule has 0 aromatic carbocycles. The van der Waals surface area contributed by atoms with Gasteiger partial charge in [0.2, 0.25) is 0 Å². The van der Waals surface area contributed by atoms with Gasteiger partial charge in [0, 0.05) is 56.9 Å². The lowest BCUT2D eigenvalue weighted by molar-refractivity contribution is -0.161. The first-order chi connectivity index (χ1) is 29.9. The first-order valence-corrected chi connectivity index (χ1v) is 23.4. The summed E-state index contributed by atoms with van der Waals surface area (Å²) in [6, 6.07) is 0.673. The number of hydrogen-bond acceptors (Lipinski definition) is 16. The van der Waals surface area contributed by atoms with Gasteiger partial charge in [0.15, 0.2) is 5.78 Å². The SMILES string of the molecule is C=CC(=C)CCC(COC(=O)C=C)(COC(=O)C=C)COC(=O)CCN(CCCC(=O)OCC(CCC(=O)C=C)(COC(=O)C=C)COC(=O)C=C)CCC[Si](C)(OCC)OCC. The first kappa shape index (κ1) is 57.8. The predicted octanol–water partition coefficient (Wildman–Crippen LogP) is 6.03. The number of rotatable bonds is 39. The van der Waals surface area contributed by atoms with E-state index in [1.54, 1.807) is 6.08 Å². The van der Waals surface area contributed by atoms with Gasteiger partial charge in [-0.25, -0.2) is 19.2 Å². The quantitative estimate of drug-likeness (QED) is 0.0228. The van der Waals surface area contributed by atoms with E-state index in [-0.39, 0.29) is 84.1 Å². The summed E-state index contributed by atoms with van der Waals surface area (Å²) in [7, 11) is -2.47. The van der Waals surface area contributed by atoms with Crippen molar-refractivity contribution in [3.05, 3.63) is 88.1 Å². The molecule has 16 nitrogen and oxygen atoms in total. The molecule has 0 aliphatic rings. The third-order valence-corrected chi connectivity index (χ3v) is 12.8. The Hall–Kier alpha value is -5.23. The molecule has 0 rings (SSSR count). The van der Waals surface area contributed by atoms with E-state index >= 15 is 0 Å². The van der Waals surface area contributed by atoms with E-state index in [2.05, 4.69) is 46.1 Å². The van der Waals surface area contributed by atoms with Crippen LogP contribution >= 0.6 is 0 Å². The zero-order valence-corrected chi connectivity index (χ0v) is 38.6. The summed E-state index contributed by atoms with van der Waals surface area (Å²) < 4.78 is 44.7. The van der Waals surface area contributed by atoms with E-state index in [0.717, 1.165) is 30.4 Å². The number of carbonyl (C=O) groups excluding carboxylic acids is 7. The van der Waals surface area contributed by atoms with Crippen LogP contribution < -0.4 is 0 Å². The van der Waals surface area contributed by atoms with Crippen LogP contribution in [0.3, 0.4) is 0 Å². The second kappa shape index (κ2) is 32.4. The van der Waals surface area contributed by atoms with E-state index in [9.17, 15) is 33.6 Å². The van der Waals surface area contributed by atoms with Gasteiger partial charge < -0.3 is 42.2 Å². The van der Waals surface area contributed by atoms with Crippen LogP contribution in [0.1, 0.15) is 65.2 Å². The highest BCUT2D eigenvalue weighted by atomic mass is 28.4. The number of ether oxygens (including phenoxy) is 6. The van der Waals surface area contributed by atoms with E-state index in [4.69, 9.17) is 37.3 Å². The summed E-state index contributed by atoms with van der Waals surface area (Å²) in [5.41, 5.74) is -1.73. The molecule has 0 bridgehead atoms. The van der Waals surface area contributed by atoms with Crippen LogP contribution in [0.2, 0.25) is 12.6 Å². The summed E-state index contributed by atoms with van der Waals surface area (Å²) in [5.74, 6) is -4.43. The predicted molar refractivity (Wildman–Crippen MR) is 239 cm³/mol. The summed E-state index contributed by atoms with van der Waals surface area (Å²) >= 11 is 0. The molecular formula is C46H69NO15Si. The molecule has 0 unspecified atom stereocenters. The fourth-order valence-electron chi connectivity index (χ4n) is 5.90. The highest BCUT2D eigenvalue weighted by Crippen LogP contribution is 2.30. The molecule has 0 aliphatic carbocycles. The fourth-order valence-corrected chi connectivity index (χ4v) is 8.29. The van der Waals surface area contributed by atoms with E-state index in [1.165, 1.54) is 0 Å². The minimum Gasteiger partial charge on any atom is -0.465 e. The van der Waals surface area contributed by atoms with Gasteiger partial charge in [-0.1, -0.05) is 57.7 Å². The number of allylic oxidation sites excluding steroid dienone is 3. The summed E-state index contributed by atoms with van der Waals surface area (Å²) in [6.45, 7) is 30.9. The number of nitrogens with zero attached hydrogens (tertiary/aromatic N) is 1. The van der Waals surface area contributed by atoms with Crippen LogP contribution in [-0.4, -0.2) is 128 Å². The summed E-state index contributed by atoms with van der Waals surface area (Å²) in [4.78, 5) is 88.8. The smallest absolute Gasteiger partial charge is 0.334 e. The maximum atomic E-state index is 13.3. The topological polar surface area (TPSA) is 197 Å². The van der Waals surface area contributed by atoms with Crippen molar-refractivity contribution in [2.24, 2.45) is 10.8 Å². The molecular weight excluding hydrogens is 835 g/mol. The average Bonchev–Trinajstić information content (AvgIpc) is 3.28. The molecule has 0 saturated carbocycles. The first-order valence-electron chi connectivity index (χ1n) is 20.9. The van der Waals surface area contributed by atoms with Gasteiger partial charge in [0.25, 0.3) is 0 Å². The lowest BCUT2D eigenvalue weighted by Crippen LogP contribution is -2.40. The zero-order chi connectivity index (χ0) is 47.7. The van der Waals surface area contributed by atoms with Gasteiger partial charge >= 0.3 is 44.4 Å². The molecule has 0 aromatic heterocycles. The van der Waals surface area contributed by atoms with Crippen molar-refractivity contribution in [2.45, 2.75) is 77.8 Å². The standard InChI is InChI=1S/C46H69NO15Si/c1-11-37(9)22-25-45(31-55-39(49)13-3,32-56-40(50)14-4)35-60-44(54)24-29-47(28-20-30-63(10,61-17-7)62-18-8)27-19-21-43(53)59-36-46(26-23-38(48)12-2,33-57-41(51)15-5)34-58-42(52)16-6/h11-16H,1-6,9,17-36H2,7-8,10H3. The molecule has 0 amide bonds. The molecule has 352 valence electrons. The summed E-state index contributed by atoms with van der Waals surface area (Å²) in [5, 5.41) is 0. The van der Waals surface area contributed by atoms with Crippen molar-refractivity contribution in [1.82, 2.24) is 4.90 Å². The van der Waals surface area contributed by atoms with E-state index < -0.39 is 55.2 Å². The van der Waals surface area contributed by atoms with Crippen LogP contribution in [0.5, 0.6) is 0 Å². The van der Waals surface area contributed by atoms with Gasteiger partial charge in [0.05, 0.1) is 17.3 Å². The Morgan fingerprint density at radius 2 is 0.905 bits per heavy atom. The average molecular weight is 904 g/mol. The second-order valence-corrected chi connectivity index (χ2v) is 18.2. The van der Waals surface area contributed by atoms with Crippen LogP contribution in [-0.2, 0) is 70.8 Å². The molecule has 0 atom stereocenters. The van der Waals surface area contributed by atoms with Crippen molar-refractivity contribution in [1.29, 1.82) is 0 Å². The Morgan fingerprint density at radius 1 is 0.508 bits per heavy atom. The van der Waals surface area contributed by atoms with Crippen LogP contribution in [0.4, 0.5) is 0 Å². The molecule has 0 spiro atoms. The molecule has 0 radical (unpaired) electrons. The largest absolute Gasteiger partial charge is 0.465 e. The maximum Gasteiger partial charge on any atom is 0.334 e. The molecule has 63 heavy (non-hydrogen) atoms. The molecule has 0 fully saturated rings. The Labute approximate surface area is 374 Å². The number of esters is 6. The molecule has 0 heterocycles. The van der Waals surface area contributed by atoms with E-state index in [0.29, 0.717) is 57.2 Å². The lowest BCUT2D eigenvalue weighted by atomic mass is 9.84. The van der Waals surface area contributed by atoms with Crippen molar-refractivity contribution < 1.29 is 70.8 Å².